The van der Waals surface area contributed by atoms with Gasteiger partial charge in [0.25, 0.3) is 0 Å². The molecule has 0 aliphatic rings. The van der Waals surface area contributed by atoms with Crippen molar-refractivity contribution in [2.75, 3.05) is 0 Å². The first-order valence-electron chi connectivity index (χ1n) is 8.90. The van der Waals surface area contributed by atoms with Crippen molar-refractivity contribution in [2.45, 2.75) is 0 Å². The Morgan fingerprint density at radius 1 is 0.630 bits per heavy atom. The Balaban J connectivity index is 1.86. The van der Waals surface area contributed by atoms with E-state index in [0.717, 1.165) is 4.47 Å². The summed E-state index contributed by atoms with van der Waals surface area (Å²) in [5.41, 5.74) is 3.73. The van der Waals surface area contributed by atoms with Crippen LogP contribution in [0.3, 0.4) is 0 Å². The molecule has 6 aromatic rings. The molecule has 0 N–H and O–H groups in total. The molecule has 128 valence electrons. The average molecular weight is 428 g/mol. The lowest BCUT2D eigenvalue weighted by atomic mass is 10.1. The number of nitrogens with zero attached hydrogens (tertiary/aromatic N) is 1. The molecule has 0 saturated carbocycles. The second-order valence-electron chi connectivity index (χ2n) is 6.77. The van der Waals surface area contributed by atoms with Gasteiger partial charge < -0.3 is 4.57 Å². The Morgan fingerprint density at radius 2 is 1.22 bits per heavy atom. The van der Waals surface area contributed by atoms with Crippen LogP contribution in [-0.4, -0.2) is 4.57 Å². The molecule has 0 aliphatic heterocycles. The summed E-state index contributed by atoms with van der Waals surface area (Å²) in [7, 11) is 0. The van der Waals surface area contributed by atoms with Crippen LogP contribution in [0.2, 0.25) is 0 Å². The fourth-order valence-electron chi connectivity index (χ4n) is 4.12. The third-order valence-corrected chi connectivity index (χ3v) is 6.91. The third-order valence-electron chi connectivity index (χ3n) is 5.24. The highest BCUT2D eigenvalue weighted by atomic mass is 79.9. The molecular formula is C24H14BrNS. The van der Waals surface area contributed by atoms with Crippen LogP contribution in [0.5, 0.6) is 0 Å². The van der Waals surface area contributed by atoms with Crippen molar-refractivity contribution >= 4 is 69.2 Å². The first kappa shape index (κ1) is 15.4. The number of rotatable bonds is 1. The summed E-state index contributed by atoms with van der Waals surface area (Å²) in [4.78, 5) is 0. The molecule has 2 aromatic heterocycles. The molecule has 6 rings (SSSR count). The van der Waals surface area contributed by atoms with Gasteiger partial charge in [0.05, 0.1) is 21.4 Å². The van der Waals surface area contributed by atoms with E-state index in [1.165, 1.54) is 47.7 Å². The largest absolute Gasteiger partial charge is 0.308 e. The first-order valence-corrected chi connectivity index (χ1v) is 10.5. The van der Waals surface area contributed by atoms with Gasteiger partial charge in [0.1, 0.15) is 0 Å². The number of hydrogen-bond acceptors (Lipinski definition) is 1. The molecule has 1 nitrogen and oxygen atoms in total. The number of aromatic nitrogens is 1. The van der Waals surface area contributed by atoms with Gasteiger partial charge in [0.15, 0.2) is 0 Å². The Hall–Kier alpha value is -2.62. The molecule has 0 fully saturated rings. The fourth-order valence-corrected chi connectivity index (χ4v) is 5.76. The smallest absolute Gasteiger partial charge is 0.0652 e. The average Bonchev–Trinajstić information content (AvgIpc) is 3.24. The van der Waals surface area contributed by atoms with Crippen molar-refractivity contribution in [2.24, 2.45) is 0 Å². The van der Waals surface area contributed by atoms with E-state index in [4.69, 9.17) is 0 Å². The zero-order chi connectivity index (χ0) is 18.0. The van der Waals surface area contributed by atoms with Gasteiger partial charge in [-0.1, -0.05) is 70.5 Å². The molecule has 0 bridgehead atoms. The molecule has 0 aliphatic carbocycles. The number of hydrogen-bond donors (Lipinski definition) is 0. The van der Waals surface area contributed by atoms with Crippen LogP contribution in [0.1, 0.15) is 0 Å². The Labute approximate surface area is 168 Å². The van der Waals surface area contributed by atoms with Gasteiger partial charge in [0.2, 0.25) is 0 Å². The van der Waals surface area contributed by atoms with Crippen LogP contribution < -0.4 is 0 Å². The number of benzene rings is 4. The van der Waals surface area contributed by atoms with Crippen molar-refractivity contribution in [1.29, 1.82) is 0 Å². The van der Waals surface area contributed by atoms with Gasteiger partial charge in [-0.3, -0.25) is 0 Å². The molecule has 3 heteroatoms. The van der Waals surface area contributed by atoms with E-state index in [9.17, 15) is 0 Å². The predicted molar refractivity (Wildman–Crippen MR) is 121 cm³/mol. The second-order valence-corrected chi connectivity index (χ2v) is 8.74. The standard InChI is InChI=1S/C24H14BrNS/c25-15-13-19-18-9-3-6-12-23(18)27-24(19)22(14-15)26-20-10-4-1-7-16(20)17-8-2-5-11-21(17)26/h1-14H. The summed E-state index contributed by atoms with van der Waals surface area (Å²) >= 11 is 5.63. The van der Waals surface area contributed by atoms with Crippen molar-refractivity contribution < 1.29 is 0 Å². The molecule has 2 heterocycles. The van der Waals surface area contributed by atoms with Gasteiger partial charge in [-0.15, -0.1) is 11.3 Å². The summed E-state index contributed by atoms with van der Waals surface area (Å²) < 4.78 is 6.17. The number of thiophene rings is 1. The molecule has 0 spiro atoms. The van der Waals surface area contributed by atoms with E-state index in [1.54, 1.807) is 0 Å². The lowest BCUT2D eigenvalue weighted by molar-refractivity contribution is 1.20. The second kappa shape index (κ2) is 5.69. The van der Waals surface area contributed by atoms with Crippen molar-refractivity contribution in [3.63, 3.8) is 0 Å². The highest BCUT2D eigenvalue weighted by molar-refractivity contribution is 9.10. The predicted octanol–water partition coefficient (Wildman–Crippen LogP) is 7.91. The van der Waals surface area contributed by atoms with Crippen LogP contribution >= 0.6 is 27.3 Å². The lowest BCUT2D eigenvalue weighted by Gasteiger charge is -2.10. The Bertz CT molecular complexity index is 1440. The SMILES string of the molecule is Brc1cc(-n2c3ccccc3c3ccccc32)c2sc3ccccc3c2c1. The molecule has 0 radical (unpaired) electrons. The molecule has 4 aromatic carbocycles. The van der Waals surface area contributed by atoms with Gasteiger partial charge in [-0.05, 0) is 30.3 Å². The summed E-state index contributed by atoms with van der Waals surface area (Å²) in [6, 6.07) is 30.5. The maximum atomic E-state index is 3.76. The molecule has 0 atom stereocenters. The molecule has 0 amide bonds. The fraction of sp³-hybridized carbons (Fsp3) is 0. The minimum Gasteiger partial charge on any atom is -0.308 e. The van der Waals surface area contributed by atoms with Crippen LogP contribution in [0.25, 0.3) is 47.7 Å². The van der Waals surface area contributed by atoms with Crippen LogP contribution in [0, 0.1) is 0 Å². The zero-order valence-electron chi connectivity index (χ0n) is 14.3. The molecular weight excluding hydrogens is 414 g/mol. The highest BCUT2D eigenvalue weighted by Gasteiger charge is 2.16. The van der Waals surface area contributed by atoms with Crippen LogP contribution in [0.4, 0.5) is 0 Å². The van der Waals surface area contributed by atoms with Crippen molar-refractivity contribution in [1.82, 2.24) is 4.57 Å². The summed E-state index contributed by atoms with van der Waals surface area (Å²) in [6.07, 6.45) is 0. The third kappa shape index (κ3) is 2.16. The monoisotopic (exact) mass is 427 g/mol. The van der Waals surface area contributed by atoms with Crippen molar-refractivity contribution in [3.05, 3.63) is 89.4 Å². The van der Waals surface area contributed by atoms with E-state index < -0.39 is 0 Å². The minimum absolute atomic E-state index is 1.11. The summed E-state index contributed by atoms with van der Waals surface area (Å²) in [5.74, 6) is 0. The van der Waals surface area contributed by atoms with Gasteiger partial charge in [-0.2, -0.15) is 0 Å². The summed E-state index contributed by atoms with van der Waals surface area (Å²) in [5, 5.41) is 5.22. The van der Waals surface area contributed by atoms with Gasteiger partial charge in [0, 0.05) is 30.7 Å². The quantitative estimate of drug-likeness (QED) is 0.251. The van der Waals surface area contributed by atoms with E-state index in [-0.39, 0.29) is 0 Å². The van der Waals surface area contributed by atoms with Gasteiger partial charge >= 0.3 is 0 Å². The summed E-state index contributed by atoms with van der Waals surface area (Å²) in [6.45, 7) is 0. The zero-order valence-corrected chi connectivity index (χ0v) is 16.7. The van der Waals surface area contributed by atoms with Crippen molar-refractivity contribution in [3.8, 4) is 5.69 Å². The highest BCUT2D eigenvalue weighted by Crippen LogP contribution is 2.42. The normalized spacial score (nSPS) is 11.9. The maximum absolute atomic E-state index is 3.76. The molecule has 0 saturated heterocycles. The molecule has 0 unspecified atom stereocenters. The van der Waals surface area contributed by atoms with E-state index in [2.05, 4.69) is 105 Å². The van der Waals surface area contributed by atoms with Crippen LogP contribution in [0.15, 0.2) is 89.4 Å². The molecule has 27 heavy (non-hydrogen) atoms. The topological polar surface area (TPSA) is 4.93 Å². The maximum Gasteiger partial charge on any atom is 0.0652 e. The number of halogens is 1. The van der Waals surface area contributed by atoms with E-state index >= 15 is 0 Å². The Kier molecular flexibility index (Phi) is 3.25. The Morgan fingerprint density at radius 3 is 1.93 bits per heavy atom. The number of fused-ring (bicyclic) bond motifs is 6. The van der Waals surface area contributed by atoms with Crippen LogP contribution in [-0.2, 0) is 0 Å². The minimum atomic E-state index is 1.11. The van der Waals surface area contributed by atoms with E-state index in [1.807, 2.05) is 11.3 Å². The van der Waals surface area contributed by atoms with E-state index in [0.29, 0.717) is 0 Å². The number of para-hydroxylation sites is 2. The lowest BCUT2D eigenvalue weighted by Crippen LogP contribution is -1.94. The van der Waals surface area contributed by atoms with Gasteiger partial charge in [-0.25, -0.2) is 0 Å². The first-order chi connectivity index (χ1) is 13.3.